The van der Waals surface area contributed by atoms with Crippen LogP contribution in [-0.4, -0.2) is 62.7 Å². The molecule has 11 heteroatoms. The van der Waals surface area contributed by atoms with Gasteiger partial charge in [-0.15, -0.1) is 0 Å². The van der Waals surface area contributed by atoms with Crippen LogP contribution < -0.4 is 14.4 Å². The smallest absolute Gasteiger partial charge is 0.414 e. The molecule has 0 aliphatic heterocycles. The number of nitrogens with zero attached hydrogens (tertiary/aromatic N) is 3. The largest absolute Gasteiger partial charge is 0.480 e. The second-order valence-corrected chi connectivity index (χ2v) is 10.3. The van der Waals surface area contributed by atoms with E-state index in [2.05, 4.69) is 10.3 Å². The Morgan fingerprint density at radius 1 is 1.03 bits per heavy atom. The summed E-state index contributed by atoms with van der Waals surface area (Å²) in [4.78, 5) is 29.2. The zero-order chi connectivity index (χ0) is 26.5. The van der Waals surface area contributed by atoms with Gasteiger partial charge in [0.05, 0.1) is 4.90 Å². The number of benzene rings is 2. The van der Waals surface area contributed by atoms with E-state index >= 15 is 0 Å². The van der Waals surface area contributed by atoms with Crippen LogP contribution in [0, 0.1) is 6.92 Å². The van der Waals surface area contributed by atoms with Crippen molar-refractivity contribution in [2.45, 2.75) is 24.3 Å². The summed E-state index contributed by atoms with van der Waals surface area (Å²) in [5, 5.41) is 12.7. The van der Waals surface area contributed by atoms with Crippen LogP contribution in [0.5, 0.6) is 5.75 Å². The van der Waals surface area contributed by atoms with E-state index in [4.69, 9.17) is 4.74 Å². The maximum atomic E-state index is 13.0. The highest BCUT2D eigenvalue weighted by Gasteiger charge is 2.23. The zero-order valence-corrected chi connectivity index (χ0v) is 21.2. The molecule has 1 amide bonds. The van der Waals surface area contributed by atoms with Gasteiger partial charge in [0.2, 0.25) is 0 Å². The van der Waals surface area contributed by atoms with Crippen molar-refractivity contribution < 1.29 is 27.9 Å². The van der Waals surface area contributed by atoms with E-state index in [1.807, 2.05) is 6.92 Å². The molecule has 0 saturated carbocycles. The van der Waals surface area contributed by atoms with Gasteiger partial charge in [-0.05, 0) is 42.8 Å². The molecule has 0 saturated heterocycles. The molecule has 0 aliphatic rings. The number of aryl methyl sites for hydroxylation is 1. The van der Waals surface area contributed by atoms with Crippen molar-refractivity contribution in [2.75, 3.05) is 30.8 Å². The monoisotopic (exact) mass is 512 g/mol. The molecule has 0 radical (unpaired) electrons. The fourth-order valence-electron chi connectivity index (χ4n) is 3.19. The topological polar surface area (TPSA) is 129 Å². The van der Waals surface area contributed by atoms with Gasteiger partial charge >= 0.3 is 12.1 Å². The van der Waals surface area contributed by atoms with Gasteiger partial charge in [0.1, 0.15) is 17.6 Å². The number of ether oxygens (including phenoxy) is 1. The maximum Gasteiger partial charge on any atom is 0.414 e. The number of hydrogen-bond acceptors (Lipinski definition) is 7. The number of carbonyl (C=O) groups is 2. The minimum atomic E-state index is -3.85. The van der Waals surface area contributed by atoms with Gasteiger partial charge in [0.25, 0.3) is 10.0 Å². The van der Waals surface area contributed by atoms with Crippen molar-refractivity contribution in [1.29, 1.82) is 0 Å². The Morgan fingerprint density at radius 3 is 2.25 bits per heavy atom. The zero-order valence-electron chi connectivity index (χ0n) is 20.4. The molecule has 0 fully saturated rings. The summed E-state index contributed by atoms with van der Waals surface area (Å²) in [5.74, 6) is -0.609. The first-order valence-electron chi connectivity index (χ1n) is 11.0. The molecule has 1 heterocycles. The van der Waals surface area contributed by atoms with Gasteiger partial charge in [-0.1, -0.05) is 29.8 Å². The predicted molar refractivity (Wildman–Crippen MR) is 136 cm³/mol. The summed E-state index contributed by atoms with van der Waals surface area (Å²) in [7, 11) is 0.679. The molecule has 36 heavy (non-hydrogen) atoms. The highest BCUT2D eigenvalue weighted by atomic mass is 32.2. The van der Waals surface area contributed by atoms with Crippen molar-refractivity contribution in [1.82, 2.24) is 9.88 Å². The van der Waals surface area contributed by atoms with Crippen LogP contribution >= 0.6 is 0 Å². The molecular weight excluding hydrogens is 484 g/mol. The van der Waals surface area contributed by atoms with Gasteiger partial charge in [0.15, 0.2) is 0 Å². The molecular formula is C25H28N4O6S. The fraction of sp³-hybridized carbons (Fsp3) is 0.240. The minimum absolute atomic E-state index is 0.124. The number of aromatic nitrogens is 1. The van der Waals surface area contributed by atoms with E-state index in [-0.39, 0.29) is 17.1 Å². The first-order valence-corrected chi connectivity index (χ1v) is 12.4. The summed E-state index contributed by atoms with van der Waals surface area (Å²) in [6, 6.07) is 15.0. The normalized spacial score (nSPS) is 11.9. The van der Waals surface area contributed by atoms with Gasteiger partial charge in [-0.3, -0.25) is 4.31 Å². The summed E-state index contributed by atoms with van der Waals surface area (Å²) < 4.78 is 32.2. The molecule has 3 aromatic rings. The molecule has 1 aromatic heterocycles. The second-order valence-electron chi connectivity index (χ2n) is 8.33. The van der Waals surface area contributed by atoms with E-state index in [1.165, 1.54) is 36.3 Å². The van der Waals surface area contributed by atoms with E-state index in [9.17, 15) is 23.1 Å². The number of carbonyl (C=O) groups excluding carboxylic acids is 1. The summed E-state index contributed by atoms with van der Waals surface area (Å²) in [5.41, 5.74) is 2.03. The van der Waals surface area contributed by atoms with Gasteiger partial charge in [0, 0.05) is 45.5 Å². The third-order valence-electron chi connectivity index (χ3n) is 5.32. The third-order valence-corrected chi connectivity index (χ3v) is 7.10. The Balaban J connectivity index is 1.74. The molecule has 2 aromatic carbocycles. The quantitative estimate of drug-likeness (QED) is 0.446. The number of nitrogens with one attached hydrogen (secondary N) is 1. The number of hydrogen-bond donors (Lipinski definition) is 2. The summed E-state index contributed by atoms with van der Waals surface area (Å²) in [6.07, 6.45) is 1.02. The van der Waals surface area contributed by atoms with E-state index in [0.717, 1.165) is 9.87 Å². The summed E-state index contributed by atoms with van der Waals surface area (Å²) in [6.45, 7) is 1.87. The van der Waals surface area contributed by atoms with Crippen molar-refractivity contribution in [3.63, 3.8) is 0 Å². The number of anilines is 2. The molecule has 0 aliphatic carbocycles. The SMILES string of the molecule is Cc1ccc(S(=O)(=O)N(C)c2cc(N[C@@H](Cc3ccc(OC(=O)N(C)C)cc3)C(=O)O)ccn2)cc1. The molecule has 190 valence electrons. The molecule has 10 nitrogen and oxygen atoms in total. The highest BCUT2D eigenvalue weighted by Crippen LogP contribution is 2.24. The molecule has 2 N–H and O–H groups in total. The van der Waals surface area contributed by atoms with Crippen LogP contribution in [0.1, 0.15) is 11.1 Å². The molecule has 0 unspecified atom stereocenters. The predicted octanol–water partition coefficient (Wildman–Crippen LogP) is 3.38. The lowest BCUT2D eigenvalue weighted by molar-refractivity contribution is -0.137. The van der Waals surface area contributed by atoms with Crippen LogP contribution in [0.2, 0.25) is 0 Å². The standard InChI is InChI=1S/C25H28N4O6S/c1-17-5-11-21(12-6-17)36(33,34)29(4)23-16-19(13-14-26-23)27-22(24(30)31)15-18-7-9-20(10-8-18)35-25(32)28(2)3/h5-14,16,22H,15H2,1-4H3,(H,26,27)(H,30,31)/t22-/m0/s1. The Bertz CT molecular complexity index is 1330. The molecule has 1 atom stereocenters. The number of rotatable bonds is 9. The number of carboxylic acids is 1. The Hall–Kier alpha value is -4.12. The molecule has 3 rings (SSSR count). The number of aliphatic carboxylic acids is 1. The lowest BCUT2D eigenvalue weighted by Gasteiger charge is -2.21. The van der Waals surface area contributed by atoms with Crippen LogP contribution in [0.25, 0.3) is 0 Å². The average Bonchev–Trinajstić information content (AvgIpc) is 2.84. The lowest BCUT2D eigenvalue weighted by atomic mass is 10.1. The third kappa shape index (κ3) is 6.51. The first-order chi connectivity index (χ1) is 17.0. The lowest BCUT2D eigenvalue weighted by Crippen LogP contribution is -2.32. The van der Waals surface area contributed by atoms with Gasteiger partial charge in [-0.2, -0.15) is 0 Å². The Kier molecular flexibility index (Phi) is 8.15. The van der Waals surface area contributed by atoms with Crippen molar-refractivity contribution >= 4 is 33.6 Å². The van der Waals surface area contributed by atoms with Crippen LogP contribution in [0.4, 0.5) is 16.3 Å². The van der Waals surface area contributed by atoms with Crippen LogP contribution in [0.15, 0.2) is 71.8 Å². The minimum Gasteiger partial charge on any atom is -0.480 e. The molecule has 0 bridgehead atoms. The highest BCUT2D eigenvalue weighted by molar-refractivity contribution is 7.92. The van der Waals surface area contributed by atoms with E-state index < -0.39 is 28.1 Å². The Morgan fingerprint density at radius 2 is 1.67 bits per heavy atom. The number of carboxylic acid groups (broad SMARTS) is 1. The number of amides is 1. The van der Waals surface area contributed by atoms with Crippen LogP contribution in [-0.2, 0) is 21.2 Å². The number of pyridine rings is 1. The van der Waals surface area contributed by atoms with Gasteiger partial charge < -0.3 is 20.1 Å². The Labute approximate surface area is 210 Å². The van der Waals surface area contributed by atoms with Crippen molar-refractivity contribution in [3.8, 4) is 5.75 Å². The maximum absolute atomic E-state index is 13.0. The van der Waals surface area contributed by atoms with E-state index in [1.54, 1.807) is 56.6 Å². The number of sulfonamides is 1. The average molecular weight is 513 g/mol. The fourth-order valence-corrected chi connectivity index (χ4v) is 4.34. The first kappa shape index (κ1) is 26.5. The van der Waals surface area contributed by atoms with Gasteiger partial charge in [-0.25, -0.2) is 23.0 Å². The van der Waals surface area contributed by atoms with E-state index in [0.29, 0.717) is 17.0 Å². The van der Waals surface area contributed by atoms with Crippen LogP contribution in [0.3, 0.4) is 0 Å². The second kappa shape index (κ2) is 11.1. The molecule has 0 spiro atoms. The summed E-state index contributed by atoms with van der Waals surface area (Å²) >= 11 is 0. The van der Waals surface area contributed by atoms with Crippen molar-refractivity contribution in [2.24, 2.45) is 0 Å². The van der Waals surface area contributed by atoms with Crippen molar-refractivity contribution in [3.05, 3.63) is 78.0 Å².